The van der Waals surface area contributed by atoms with Crippen LogP contribution in [0.1, 0.15) is 19.2 Å². The van der Waals surface area contributed by atoms with Gasteiger partial charge in [0.25, 0.3) is 0 Å². The highest BCUT2D eigenvalue weighted by Crippen LogP contribution is 2.33. The molecule has 3 rings (SSSR count). The second-order valence-electron chi connectivity index (χ2n) is 5.72. The zero-order valence-electron chi connectivity index (χ0n) is 11.5. The molecule has 2 saturated heterocycles. The van der Waals surface area contributed by atoms with Gasteiger partial charge < -0.3 is 9.88 Å². The predicted molar refractivity (Wildman–Crippen MR) is 72.5 cm³/mol. The summed E-state index contributed by atoms with van der Waals surface area (Å²) in [7, 11) is 0. The van der Waals surface area contributed by atoms with Gasteiger partial charge in [-0.2, -0.15) is 0 Å². The molecule has 1 aromatic rings. The quantitative estimate of drug-likeness (QED) is 0.867. The lowest BCUT2D eigenvalue weighted by atomic mass is 9.93. The van der Waals surface area contributed by atoms with Crippen LogP contribution < -0.4 is 5.32 Å². The van der Waals surface area contributed by atoms with Gasteiger partial charge in [0.1, 0.15) is 5.82 Å². The molecule has 4 heteroatoms. The van der Waals surface area contributed by atoms with Crippen molar-refractivity contribution in [1.82, 2.24) is 19.8 Å². The number of nitrogens with zero attached hydrogens (tertiary/aromatic N) is 3. The summed E-state index contributed by atoms with van der Waals surface area (Å²) in [5.74, 6) is 2.90. The number of hydrogen-bond donors (Lipinski definition) is 1. The van der Waals surface area contributed by atoms with Gasteiger partial charge >= 0.3 is 0 Å². The van der Waals surface area contributed by atoms with Crippen LogP contribution in [-0.4, -0.2) is 46.7 Å². The fourth-order valence-electron chi connectivity index (χ4n) is 3.81. The van der Waals surface area contributed by atoms with E-state index in [9.17, 15) is 0 Å². The molecule has 1 N–H and O–H groups in total. The van der Waals surface area contributed by atoms with Gasteiger partial charge in [0.05, 0.1) is 0 Å². The Balaban J connectivity index is 1.61. The first-order valence-electron chi connectivity index (χ1n) is 7.22. The summed E-state index contributed by atoms with van der Waals surface area (Å²) in [4.78, 5) is 7.00. The largest absolute Gasteiger partial charge is 0.334 e. The van der Waals surface area contributed by atoms with E-state index in [0.29, 0.717) is 0 Å². The van der Waals surface area contributed by atoms with Crippen molar-refractivity contribution < 1.29 is 0 Å². The topological polar surface area (TPSA) is 33.1 Å². The van der Waals surface area contributed by atoms with Crippen molar-refractivity contribution in [2.45, 2.75) is 32.9 Å². The Morgan fingerprint density at radius 3 is 3.00 bits per heavy atom. The first kappa shape index (κ1) is 12.2. The maximum absolute atomic E-state index is 4.29. The molecule has 2 aliphatic heterocycles. The minimum absolute atomic E-state index is 0.786. The van der Waals surface area contributed by atoms with Crippen LogP contribution in [0.3, 0.4) is 0 Å². The molecule has 0 amide bonds. The fraction of sp³-hybridized carbons (Fsp3) is 0.786. The summed E-state index contributed by atoms with van der Waals surface area (Å²) in [5.41, 5.74) is 0. The standard InChI is InChI=1S/C14H24N4/c1-3-14-13-9-15-8-12(13)10-18(14)7-6-17-5-4-16-11(17)2/h4-5,12-15H,3,6-10H2,1-2H3. The molecule has 0 spiro atoms. The van der Waals surface area contributed by atoms with Gasteiger partial charge in [0.15, 0.2) is 0 Å². The van der Waals surface area contributed by atoms with Crippen molar-refractivity contribution in [3.05, 3.63) is 18.2 Å². The van der Waals surface area contributed by atoms with Gasteiger partial charge in [-0.05, 0) is 38.3 Å². The van der Waals surface area contributed by atoms with Gasteiger partial charge in [0.2, 0.25) is 0 Å². The number of aryl methyl sites for hydroxylation is 1. The van der Waals surface area contributed by atoms with E-state index in [1.165, 1.54) is 32.6 Å². The van der Waals surface area contributed by atoms with Gasteiger partial charge in [-0.25, -0.2) is 4.98 Å². The van der Waals surface area contributed by atoms with Crippen molar-refractivity contribution in [1.29, 1.82) is 0 Å². The lowest BCUT2D eigenvalue weighted by molar-refractivity contribution is 0.210. The third kappa shape index (κ3) is 2.08. The number of hydrogen-bond acceptors (Lipinski definition) is 3. The molecule has 3 atom stereocenters. The van der Waals surface area contributed by atoms with Crippen LogP contribution in [0, 0.1) is 18.8 Å². The molecular weight excluding hydrogens is 224 g/mol. The van der Waals surface area contributed by atoms with E-state index >= 15 is 0 Å². The molecule has 2 fully saturated rings. The van der Waals surface area contributed by atoms with E-state index < -0.39 is 0 Å². The van der Waals surface area contributed by atoms with Gasteiger partial charge in [-0.15, -0.1) is 0 Å². The van der Waals surface area contributed by atoms with Crippen LogP contribution in [0.5, 0.6) is 0 Å². The monoisotopic (exact) mass is 248 g/mol. The van der Waals surface area contributed by atoms with Crippen molar-refractivity contribution in [3.8, 4) is 0 Å². The van der Waals surface area contributed by atoms with Crippen LogP contribution in [0.15, 0.2) is 12.4 Å². The van der Waals surface area contributed by atoms with Crippen LogP contribution in [0.4, 0.5) is 0 Å². The minimum atomic E-state index is 0.786. The number of imidazole rings is 1. The smallest absolute Gasteiger partial charge is 0.105 e. The van der Waals surface area contributed by atoms with Crippen molar-refractivity contribution in [2.24, 2.45) is 11.8 Å². The van der Waals surface area contributed by atoms with Crippen molar-refractivity contribution in [3.63, 3.8) is 0 Å². The van der Waals surface area contributed by atoms with Crippen LogP contribution in [0.25, 0.3) is 0 Å². The number of likely N-dealkylation sites (tertiary alicyclic amines) is 1. The summed E-state index contributed by atoms with van der Waals surface area (Å²) >= 11 is 0. The van der Waals surface area contributed by atoms with Crippen LogP contribution in [0.2, 0.25) is 0 Å². The molecule has 0 radical (unpaired) electrons. The molecule has 0 aliphatic carbocycles. The highest BCUT2D eigenvalue weighted by Gasteiger charge is 2.42. The Morgan fingerprint density at radius 2 is 2.28 bits per heavy atom. The molecule has 100 valence electrons. The average molecular weight is 248 g/mol. The lowest BCUT2D eigenvalue weighted by Crippen LogP contribution is -2.37. The Bertz CT molecular complexity index is 400. The number of nitrogens with one attached hydrogen (secondary N) is 1. The molecule has 4 nitrogen and oxygen atoms in total. The number of aromatic nitrogens is 2. The molecule has 18 heavy (non-hydrogen) atoms. The van der Waals surface area contributed by atoms with E-state index in [1.54, 1.807) is 0 Å². The molecule has 3 heterocycles. The van der Waals surface area contributed by atoms with E-state index in [0.717, 1.165) is 30.2 Å². The first-order valence-corrected chi connectivity index (χ1v) is 7.22. The molecule has 0 aromatic carbocycles. The zero-order valence-corrected chi connectivity index (χ0v) is 11.5. The SMILES string of the molecule is CCC1C2CNCC2CN1CCn1ccnc1C. The highest BCUT2D eigenvalue weighted by molar-refractivity contribution is 4.98. The van der Waals surface area contributed by atoms with E-state index in [2.05, 4.69) is 39.8 Å². The third-order valence-corrected chi connectivity index (χ3v) is 4.79. The van der Waals surface area contributed by atoms with Crippen molar-refractivity contribution >= 4 is 0 Å². The van der Waals surface area contributed by atoms with E-state index in [-0.39, 0.29) is 0 Å². The normalized spacial score (nSPS) is 32.0. The molecule has 1 aromatic heterocycles. The Hall–Kier alpha value is -0.870. The maximum Gasteiger partial charge on any atom is 0.105 e. The molecule has 0 bridgehead atoms. The maximum atomic E-state index is 4.29. The Labute approximate surface area is 109 Å². The van der Waals surface area contributed by atoms with Crippen LogP contribution in [-0.2, 0) is 6.54 Å². The zero-order chi connectivity index (χ0) is 12.5. The molecule has 3 unspecified atom stereocenters. The van der Waals surface area contributed by atoms with Gasteiger partial charge in [-0.1, -0.05) is 6.92 Å². The molecule has 0 saturated carbocycles. The first-order chi connectivity index (χ1) is 8.79. The third-order valence-electron chi connectivity index (χ3n) is 4.79. The van der Waals surface area contributed by atoms with E-state index in [4.69, 9.17) is 0 Å². The summed E-state index contributed by atoms with van der Waals surface area (Å²) in [6, 6.07) is 0.786. The predicted octanol–water partition coefficient (Wildman–Crippen LogP) is 1.12. The second-order valence-corrected chi connectivity index (χ2v) is 5.72. The van der Waals surface area contributed by atoms with Gasteiger partial charge in [-0.3, -0.25) is 4.90 Å². The lowest BCUT2D eigenvalue weighted by Gasteiger charge is -2.27. The summed E-state index contributed by atoms with van der Waals surface area (Å²) in [6.45, 7) is 10.4. The second kappa shape index (κ2) is 5.02. The van der Waals surface area contributed by atoms with E-state index in [1.807, 2.05) is 6.20 Å². The summed E-state index contributed by atoms with van der Waals surface area (Å²) in [6.07, 6.45) is 5.27. The summed E-state index contributed by atoms with van der Waals surface area (Å²) < 4.78 is 2.26. The van der Waals surface area contributed by atoms with Crippen LogP contribution >= 0.6 is 0 Å². The van der Waals surface area contributed by atoms with Gasteiger partial charge in [0, 0.05) is 38.1 Å². The highest BCUT2D eigenvalue weighted by atomic mass is 15.2. The molecule has 2 aliphatic rings. The minimum Gasteiger partial charge on any atom is -0.334 e. The Morgan fingerprint density at radius 1 is 1.39 bits per heavy atom. The number of fused-ring (bicyclic) bond motifs is 1. The molecular formula is C14H24N4. The Kier molecular flexibility index (Phi) is 3.39. The number of rotatable bonds is 4. The summed E-state index contributed by atoms with van der Waals surface area (Å²) in [5, 5.41) is 3.55. The van der Waals surface area contributed by atoms with Crippen molar-refractivity contribution in [2.75, 3.05) is 26.2 Å². The fourth-order valence-corrected chi connectivity index (χ4v) is 3.81. The average Bonchev–Trinajstić information content (AvgIpc) is 3.01.